The van der Waals surface area contributed by atoms with E-state index in [4.69, 9.17) is 0 Å². The Hall–Kier alpha value is -1.71. The normalized spacial score (nSPS) is 10.2. The van der Waals surface area contributed by atoms with Gasteiger partial charge in [-0.25, -0.2) is 15.0 Å². The zero-order valence-corrected chi connectivity index (χ0v) is 7.09. The number of hydrogen-bond donors (Lipinski definition) is 0. The van der Waals surface area contributed by atoms with E-state index in [9.17, 15) is 0 Å². The molecule has 2 heterocycles. The van der Waals surface area contributed by atoms with Gasteiger partial charge in [0, 0.05) is 18.6 Å². The fourth-order valence-corrected chi connectivity index (χ4v) is 1.03. The molecule has 0 fully saturated rings. The summed E-state index contributed by atoms with van der Waals surface area (Å²) in [6.07, 6.45) is 7.65. The van der Waals surface area contributed by atoms with Gasteiger partial charge in [0.2, 0.25) is 5.95 Å². The maximum Gasteiger partial charge on any atom is 0.234 e. The van der Waals surface area contributed by atoms with Gasteiger partial charge in [-0.3, -0.25) is 4.57 Å². The molecule has 0 spiro atoms. The minimum Gasteiger partial charge on any atom is -0.274 e. The van der Waals surface area contributed by atoms with E-state index in [1.807, 2.05) is 6.20 Å². The van der Waals surface area contributed by atoms with Gasteiger partial charge in [-0.15, -0.1) is 0 Å². The molecule has 0 N–H and O–H groups in total. The first-order valence-corrected chi connectivity index (χ1v) is 3.99. The molecule has 2 aromatic rings. The Morgan fingerprint density at radius 3 is 2.62 bits per heavy atom. The second kappa shape index (κ2) is 3.35. The van der Waals surface area contributed by atoms with Crippen LogP contribution in [0.3, 0.4) is 0 Å². The SMILES string of the molecule is [CH2]Cc1cn(-c2ncccn2)cn1. The zero-order chi connectivity index (χ0) is 9.10. The van der Waals surface area contributed by atoms with Crippen molar-refractivity contribution in [2.45, 2.75) is 6.42 Å². The van der Waals surface area contributed by atoms with Crippen LogP contribution in [-0.4, -0.2) is 19.5 Å². The average Bonchev–Trinajstić information content (AvgIpc) is 2.67. The van der Waals surface area contributed by atoms with Gasteiger partial charge in [0.05, 0.1) is 5.69 Å². The van der Waals surface area contributed by atoms with Gasteiger partial charge in [0.1, 0.15) is 6.33 Å². The average molecular weight is 173 g/mol. The third kappa shape index (κ3) is 1.56. The number of nitrogens with zero attached hydrogens (tertiary/aromatic N) is 4. The second-order valence-corrected chi connectivity index (χ2v) is 2.57. The summed E-state index contributed by atoms with van der Waals surface area (Å²) in [5.74, 6) is 0.634. The molecular formula is C9H9N4. The van der Waals surface area contributed by atoms with Gasteiger partial charge in [-0.1, -0.05) is 0 Å². The first-order chi connectivity index (χ1) is 6.40. The van der Waals surface area contributed by atoms with Crippen LogP contribution in [0.25, 0.3) is 5.95 Å². The molecule has 0 aliphatic heterocycles. The van der Waals surface area contributed by atoms with E-state index in [1.165, 1.54) is 0 Å². The van der Waals surface area contributed by atoms with Crippen molar-refractivity contribution in [3.05, 3.63) is 43.6 Å². The first kappa shape index (κ1) is 7.91. The van der Waals surface area contributed by atoms with Gasteiger partial charge in [0.25, 0.3) is 0 Å². The van der Waals surface area contributed by atoms with Crippen molar-refractivity contribution in [3.63, 3.8) is 0 Å². The Morgan fingerprint density at radius 2 is 2.00 bits per heavy atom. The van der Waals surface area contributed by atoms with Crippen LogP contribution < -0.4 is 0 Å². The first-order valence-electron chi connectivity index (χ1n) is 3.99. The lowest BCUT2D eigenvalue weighted by Crippen LogP contribution is -1.96. The van der Waals surface area contributed by atoms with E-state index in [0.29, 0.717) is 12.4 Å². The smallest absolute Gasteiger partial charge is 0.234 e. The molecule has 4 heteroatoms. The molecule has 0 unspecified atom stereocenters. The van der Waals surface area contributed by atoms with Crippen molar-refractivity contribution < 1.29 is 0 Å². The molecule has 0 bridgehead atoms. The maximum atomic E-state index is 4.13. The predicted octanol–water partition coefficient (Wildman–Crippen LogP) is 1.04. The molecule has 2 rings (SSSR count). The van der Waals surface area contributed by atoms with Crippen LogP contribution in [0.5, 0.6) is 0 Å². The molecule has 0 aliphatic carbocycles. The lowest BCUT2D eigenvalue weighted by atomic mass is 10.4. The van der Waals surface area contributed by atoms with Crippen LogP contribution in [0.1, 0.15) is 5.69 Å². The van der Waals surface area contributed by atoms with Crippen LogP contribution in [-0.2, 0) is 6.42 Å². The molecule has 0 atom stereocenters. The summed E-state index contributed by atoms with van der Waals surface area (Å²) in [5, 5.41) is 0. The van der Waals surface area contributed by atoms with Crippen molar-refractivity contribution in [1.29, 1.82) is 0 Å². The predicted molar refractivity (Wildman–Crippen MR) is 48.2 cm³/mol. The Balaban J connectivity index is 2.36. The van der Waals surface area contributed by atoms with Crippen LogP contribution in [0.2, 0.25) is 0 Å². The molecule has 0 amide bonds. The molecule has 1 radical (unpaired) electrons. The molecule has 0 saturated heterocycles. The molecule has 13 heavy (non-hydrogen) atoms. The fraction of sp³-hybridized carbons (Fsp3) is 0.111. The van der Waals surface area contributed by atoms with E-state index < -0.39 is 0 Å². The third-order valence-corrected chi connectivity index (χ3v) is 1.68. The van der Waals surface area contributed by atoms with E-state index >= 15 is 0 Å². The van der Waals surface area contributed by atoms with Crippen LogP contribution in [0.4, 0.5) is 0 Å². The number of hydrogen-bond acceptors (Lipinski definition) is 3. The standard InChI is InChI=1S/C9H9N4/c1-2-8-6-13(7-12-8)9-10-4-3-5-11-9/h3-7H,1-2H2. The minimum absolute atomic E-state index is 0.634. The summed E-state index contributed by atoms with van der Waals surface area (Å²) in [6, 6.07) is 1.78. The molecular weight excluding hydrogens is 164 g/mol. The number of aromatic nitrogens is 4. The summed E-state index contributed by atoms with van der Waals surface area (Å²) >= 11 is 0. The fourth-order valence-electron chi connectivity index (χ4n) is 1.03. The Bertz CT molecular complexity index is 380. The summed E-state index contributed by atoms with van der Waals surface area (Å²) in [5.41, 5.74) is 0.937. The monoisotopic (exact) mass is 173 g/mol. The van der Waals surface area contributed by atoms with Gasteiger partial charge in [-0.2, -0.15) is 0 Å². The highest BCUT2D eigenvalue weighted by atomic mass is 15.2. The highest BCUT2D eigenvalue weighted by Crippen LogP contribution is 2.01. The third-order valence-electron chi connectivity index (χ3n) is 1.68. The number of imidazole rings is 1. The van der Waals surface area contributed by atoms with Crippen LogP contribution >= 0.6 is 0 Å². The number of rotatable bonds is 2. The maximum absolute atomic E-state index is 4.13. The Morgan fingerprint density at radius 1 is 1.23 bits per heavy atom. The lowest BCUT2D eigenvalue weighted by Gasteiger charge is -1.96. The molecule has 0 aliphatic rings. The molecule has 2 aromatic heterocycles. The second-order valence-electron chi connectivity index (χ2n) is 2.57. The lowest BCUT2D eigenvalue weighted by molar-refractivity contribution is 0.925. The molecule has 0 saturated carbocycles. The van der Waals surface area contributed by atoms with E-state index in [2.05, 4.69) is 21.9 Å². The van der Waals surface area contributed by atoms with Gasteiger partial charge in [0.15, 0.2) is 0 Å². The molecule has 0 aromatic carbocycles. The van der Waals surface area contributed by atoms with Gasteiger partial charge in [-0.05, 0) is 19.4 Å². The summed E-state index contributed by atoms with van der Waals surface area (Å²) in [7, 11) is 0. The zero-order valence-electron chi connectivity index (χ0n) is 7.09. The summed E-state index contributed by atoms with van der Waals surface area (Å²) in [6.45, 7) is 3.75. The van der Waals surface area contributed by atoms with Gasteiger partial charge >= 0.3 is 0 Å². The minimum atomic E-state index is 0.634. The van der Waals surface area contributed by atoms with Gasteiger partial charge < -0.3 is 0 Å². The van der Waals surface area contributed by atoms with E-state index in [0.717, 1.165) is 5.69 Å². The van der Waals surface area contributed by atoms with Crippen LogP contribution in [0.15, 0.2) is 31.0 Å². The highest BCUT2D eigenvalue weighted by molar-refractivity contribution is 5.13. The van der Waals surface area contributed by atoms with E-state index in [-0.39, 0.29) is 0 Å². The largest absolute Gasteiger partial charge is 0.274 e. The topological polar surface area (TPSA) is 43.6 Å². The summed E-state index contributed by atoms with van der Waals surface area (Å²) in [4.78, 5) is 12.3. The highest BCUT2D eigenvalue weighted by Gasteiger charge is 1.99. The van der Waals surface area contributed by atoms with E-state index in [1.54, 1.807) is 29.4 Å². The quantitative estimate of drug-likeness (QED) is 0.681. The van der Waals surface area contributed by atoms with Crippen molar-refractivity contribution in [3.8, 4) is 5.95 Å². The van der Waals surface area contributed by atoms with Crippen molar-refractivity contribution >= 4 is 0 Å². The summed E-state index contributed by atoms with van der Waals surface area (Å²) < 4.78 is 1.78. The Kier molecular flexibility index (Phi) is 2.04. The van der Waals surface area contributed by atoms with Crippen molar-refractivity contribution in [1.82, 2.24) is 19.5 Å². The van der Waals surface area contributed by atoms with Crippen molar-refractivity contribution in [2.75, 3.05) is 0 Å². The Labute approximate surface area is 76.3 Å². The molecule has 65 valence electrons. The van der Waals surface area contributed by atoms with Crippen molar-refractivity contribution in [2.24, 2.45) is 0 Å². The van der Waals surface area contributed by atoms with Crippen LogP contribution in [0, 0.1) is 6.92 Å². The molecule has 4 nitrogen and oxygen atoms in total.